The largest absolute Gasteiger partial charge is 0.359 e. The van der Waals surface area contributed by atoms with Crippen LogP contribution in [0.1, 0.15) is 26.5 Å². The number of aromatic nitrogens is 2. The summed E-state index contributed by atoms with van der Waals surface area (Å²) in [6, 6.07) is 5.45. The molecule has 0 aromatic carbocycles. The Kier molecular flexibility index (Phi) is 3.87. The molecule has 20 heavy (non-hydrogen) atoms. The third-order valence-corrected chi connectivity index (χ3v) is 3.14. The zero-order valence-electron chi connectivity index (χ0n) is 11.6. The zero-order chi connectivity index (χ0) is 14.9. The van der Waals surface area contributed by atoms with Crippen LogP contribution in [0.3, 0.4) is 0 Å². The third-order valence-electron chi connectivity index (χ3n) is 2.85. The molecule has 0 unspecified atom stereocenters. The van der Waals surface area contributed by atoms with Gasteiger partial charge in [-0.1, -0.05) is 38.4 Å². The van der Waals surface area contributed by atoms with E-state index in [0.29, 0.717) is 16.6 Å². The topological polar surface area (TPSA) is 78.7 Å². The molecule has 2 heterocycles. The standard InChI is InChI=1S/C13H17ClN4O2/c1-13(2,3)11-12(15-7-10(19)17-20)16-9-6-4-5-8(14)18(9)11/h4-6,15,20H,7H2,1-3H3,(H,17,19). The van der Waals surface area contributed by atoms with Crippen molar-refractivity contribution in [3.8, 4) is 0 Å². The number of carbonyl (C=O) groups excluding carboxylic acids is 1. The van der Waals surface area contributed by atoms with E-state index in [-0.39, 0.29) is 12.0 Å². The van der Waals surface area contributed by atoms with Crippen molar-refractivity contribution in [2.24, 2.45) is 0 Å². The highest BCUT2D eigenvalue weighted by atomic mass is 35.5. The lowest BCUT2D eigenvalue weighted by Gasteiger charge is -2.20. The average Bonchev–Trinajstić information content (AvgIpc) is 2.75. The average molecular weight is 297 g/mol. The lowest BCUT2D eigenvalue weighted by molar-refractivity contribution is -0.127. The molecule has 0 saturated heterocycles. The van der Waals surface area contributed by atoms with Crippen LogP contribution in [0, 0.1) is 0 Å². The molecule has 6 nitrogen and oxygen atoms in total. The number of carbonyl (C=O) groups is 1. The van der Waals surface area contributed by atoms with Crippen molar-refractivity contribution < 1.29 is 10.0 Å². The summed E-state index contributed by atoms with van der Waals surface area (Å²) < 4.78 is 1.85. The van der Waals surface area contributed by atoms with Gasteiger partial charge in [-0.15, -0.1) is 0 Å². The molecular weight excluding hydrogens is 280 g/mol. The maximum atomic E-state index is 11.1. The Balaban J connectivity index is 2.53. The van der Waals surface area contributed by atoms with Gasteiger partial charge in [-0.3, -0.25) is 14.4 Å². The number of fused-ring (bicyclic) bond motifs is 1. The van der Waals surface area contributed by atoms with Crippen molar-refractivity contribution in [3.63, 3.8) is 0 Å². The van der Waals surface area contributed by atoms with Gasteiger partial charge in [-0.2, -0.15) is 0 Å². The summed E-state index contributed by atoms with van der Waals surface area (Å²) in [6.07, 6.45) is 0. The number of imidazole rings is 1. The van der Waals surface area contributed by atoms with Crippen LogP contribution in [-0.4, -0.2) is 27.0 Å². The number of amides is 1. The molecule has 108 valence electrons. The fourth-order valence-corrected chi connectivity index (χ4v) is 2.32. The SMILES string of the molecule is CC(C)(C)c1c(NCC(=O)NO)nc2cccc(Cl)n12. The quantitative estimate of drug-likeness (QED) is 0.461. The van der Waals surface area contributed by atoms with Crippen LogP contribution in [-0.2, 0) is 10.2 Å². The predicted octanol–water partition coefficient (Wildman–Crippen LogP) is 2.20. The number of rotatable bonds is 3. The summed E-state index contributed by atoms with van der Waals surface area (Å²) in [5.74, 6) is 0.0437. The van der Waals surface area contributed by atoms with Crippen molar-refractivity contribution in [2.75, 3.05) is 11.9 Å². The molecule has 7 heteroatoms. The van der Waals surface area contributed by atoms with Crippen molar-refractivity contribution in [3.05, 3.63) is 29.0 Å². The van der Waals surface area contributed by atoms with E-state index in [2.05, 4.69) is 10.3 Å². The van der Waals surface area contributed by atoms with Gasteiger partial charge in [0.05, 0.1) is 12.2 Å². The van der Waals surface area contributed by atoms with Crippen LogP contribution in [0.5, 0.6) is 0 Å². The first kappa shape index (κ1) is 14.6. The van der Waals surface area contributed by atoms with Crippen LogP contribution in [0.25, 0.3) is 5.65 Å². The fourth-order valence-electron chi connectivity index (χ4n) is 2.07. The van der Waals surface area contributed by atoms with Gasteiger partial charge < -0.3 is 5.32 Å². The summed E-state index contributed by atoms with van der Waals surface area (Å²) in [4.78, 5) is 15.6. The molecule has 0 bridgehead atoms. The smallest absolute Gasteiger partial charge is 0.262 e. The first-order valence-corrected chi connectivity index (χ1v) is 6.56. The molecule has 0 atom stereocenters. The van der Waals surface area contributed by atoms with E-state index in [1.807, 2.05) is 37.3 Å². The summed E-state index contributed by atoms with van der Waals surface area (Å²) in [5, 5.41) is 12.0. The van der Waals surface area contributed by atoms with Crippen molar-refractivity contribution >= 4 is 29.0 Å². The molecule has 0 fully saturated rings. The predicted molar refractivity (Wildman–Crippen MR) is 77.3 cm³/mol. The molecule has 0 saturated carbocycles. The summed E-state index contributed by atoms with van der Waals surface area (Å²) in [7, 11) is 0. The number of nitrogens with zero attached hydrogens (tertiary/aromatic N) is 2. The number of anilines is 1. The Morgan fingerprint density at radius 1 is 1.45 bits per heavy atom. The maximum absolute atomic E-state index is 11.1. The van der Waals surface area contributed by atoms with Crippen molar-refractivity contribution in [1.82, 2.24) is 14.9 Å². The molecular formula is C13H17ClN4O2. The minimum atomic E-state index is -0.534. The molecule has 0 spiro atoms. The highest BCUT2D eigenvalue weighted by molar-refractivity contribution is 6.29. The van der Waals surface area contributed by atoms with Crippen LogP contribution in [0.15, 0.2) is 18.2 Å². The fraction of sp³-hybridized carbons (Fsp3) is 0.385. The van der Waals surface area contributed by atoms with E-state index in [0.717, 1.165) is 5.69 Å². The van der Waals surface area contributed by atoms with Gasteiger partial charge >= 0.3 is 0 Å². The zero-order valence-corrected chi connectivity index (χ0v) is 12.3. The second-order valence-corrected chi connectivity index (χ2v) is 5.88. The monoisotopic (exact) mass is 296 g/mol. The number of halogens is 1. The van der Waals surface area contributed by atoms with Gasteiger partial charge in [0.1, 0.15) is 16.6 Å². The van der Waals surface area contributed by atoms with E-state index < -0.39 is 5.91 Å². The number of hydrogen-bond acceptors (Lipinski definition) is 4. The first-order chi connectivity index (χ1) is 9.34. The minimum absolute atomic E-state index is 0.0684. The van der Waals surface area contributed by atoms with Gasteiger partial charge in [0.25, 0.3) is 5.91 Å². The van der Waals surface area contributed by atoms with Gasteiger partial charge in [0.2, 0.25) is 0 Å². The summed E-state index contributed by atoms with van der Waals surface area (Å²) in [6.45, 7) is 6.05. The Bertz CT molecular complexity index is 646. The third kappa shape index (κ3) is 2.71. The Labute approximate surface area is 121 Å². The molecule has 0 aliphatic carbocycles. The minimum Gasteiger partial charge on any atom is -0.359 e. The molecule has 2 aromatic rings. The number of pyridine rings is 1. The first-order valence-electron chi connectivity index (χ1n) is 6.19. The van der Waals surface area contributed by atoms with E-state index >= 15 is 0 Å². The van der Waals surface area contributed by atoms with Crippen LogP contribution >= 0.6 is 11.6 Å². The van der Waals surface area contributed by atoms with E-state index in [1.54, 1.807) is 11.5 Å². The molecule has 1 amide bonds. The van der Waals surface area contributed by atoms with Gasteiger partial charge in [-0.05, 0) is 12.1 Å². The van der Waals surface area contributed by atoms with E-state index in [9.17, 15) is 4.79 Å². The molecule has 2 rings (SSSR count). The molecule has 2 aromatic heterocycles. The highest BCUT2D eigenvalue weighted by Gasteiger charge is 2.25. The number of hydroxylamine groups is 1. The molecule has 0 aliphatic heterocycles. The van der Waals surface area contributed by atoms with Crippen LogP contribution in [0.4, 0.5) is 5.82 Å². The van der Waals surface area contributed by atoms with Gasteiger partial charge in [-0.25, -0.2) is 10.5 Å². The summed E-state index contributed by atoms with van der Waals surface area (Å²) >= 11 is 6.25. The Hall–Kier alpha value is -1.79. The van der Waals surface area contributed by atoms with Crippen LogP contribution in [0.2, 0.25) is 5.15 Å². The van der Waals surface area contributed by atoms with Crippen molar-refractivity contribution in [2.45, 2.75) is 26.2 Å². The Morgan fingerprint density at radius 3 is 2.75 bits per heavy atom. The van der Waals surface area contributed by atoms with E-state index in [1.165, 1.54) is 0 Å². The van der Waals surface area contributed by atoms with E-state index in [4.69, 9.17) is 16.8 Å². The normalized spacial score (nSPS) is 11.7. The lowest BCUT2D eigenvalue weighted by Crippen LogP contribution is -2.28. The van der Waals surface area contributed by atoms with Crippen molar-refractivity contribution in [1.29, 1.82) is 0 Å². The lowest BCUT2D eigenvalue weighted by atomic mass is 9.92. The molecule has 0 radical (unpaired) electrons. The highest BCUT2D eigenvalue weighted by Crippen LogP contribution is 2.32. The number of nitrogens with one attached hydrogen (secondary N) is 2. The van der Waals surface area contributed by atoms with Gasteiger partial charge in [0, 0.05) is 5.41 Å². The summed E-state index contributed by atoms with van der Waals surface area (Å²) in [5.41, 5.74) is 2.94. The second-order valence-electron chi connectivity index (χ2n) is 5.49. The maximum Gasteiger partial charge on any atom is 0.262 e. The molecule has 0 aliphatic rings. The second kappa shape index (κ2) is 5.30. The number of hydrogen-bond donors (Lipinski definition) is 3. The van der Waals surface area contributed by atoms with Gasteiger partial charge in [0.15, 0.2) is 0 Å². The Morgan fingerprint density at radius 2 is 2.15 bits per heavy atom. The van der Waals surface area contributed by atoms with Crippen LogP contribution < -0.4 is 10.8 Å². The molecule has 3 N–H and O–H groups in total.